The first-order chi connectivity index (χ1) is 7.66. The number of rotatable bonds is 3. The molecule has 4 heteroatoms. The van der Waals surface area contributed by atoms with Crippen LogP contribution < -0.4 is 0 Å². The number of nitrogens with zero attached hydrogens (tertiary/aromatic N) is 2. The van der Waals surface area contributed by atoms with Crippen LogP contribution in [0.15, 0.2) is 41.1 Å². The van der Waals surface area contributed by atoms with E-state index < -0.39 is 6.10 Å². The molecular weight excluding hydrogens is 268 g/mol. The molecule has 0 aliphatic carbocycles. The second-order valence-electron chi connectivity index (χ2n) is 3.73. The number of aliphatic hydroxyl groups excluding tert-OH is 1. The summed E-state index contributed by atoms with van der Waals surface area (Å²) in [6.07, 6.45) is 3.63. The fourth-order valence-corrected chi connectivity index (χ4v) is 2.01. The van der Waals surface area contributed by atoms with Crippen molar-refractivity contribution in [1.29, 1.82) is 0 Å². The van der Waals surface area contributed by atoms with Gasteiger partial charge in [-0.05, 0) is 17.7 Å². The lowest BCUT2D eigenvalue weighted by Crippen LogP contribution is -2.06. The minimum Gasteiger partial charge on any atom is -0.388 e. The molecule has 84 valence electrons. The highest BCUT2D eigenvalue weighted by atomic mass is 79.9. The molecule has 3 nitrogen and oxygen atoms in total. The Balaban J connectivity index is 2.14. The fraction of sp³-hybridized carbons (Fsp3) is 0.250. The van der Waals surface area contributed by atoms with Crippen molar-refractivity contribution in [2.24, 2.45) is 7.05 Å². The molecule has 2 rings (SSSR count). The van der Waals surface area contributed by atoms with E-state index in [1.54, 1.807) is 6.20 Å². The molecular formula is C12H13BrN2O. The van der Waals surface area contributed by atoms with Gasteiger partial charge in [0.1, 0.15) is 5.82 Å². The number of aryl methyl sites for hydroxylation is 1. The minimum absolute atomic E-state index is 0.515. The summed E-state index contributed by atoms with van der Waals surface area (Å²) >= 11 is 3.39. The molecule has 0 fully saturated rings. The zero-order valence-electron chi connectivity index (χ0n) is 8.97. The van der Waals surface area contributed by atoms with E-state index in [0.717, 1.165) is 15.9 Å². The first-order valence-electron chi connectivity index (χ1n) is 5.06. The van der Waals surface area contributed by atoms with Gasteiger partial charge in [0, 0.05) is 30.3 Å². The van der Waals surface area contributed by atoms with Crippen LogP contribution in [0.25, 0.3) is 0 Å². The van der Waals surface area contributed by atoms with Gasteiger partial charge in [-0.25, -0.2) is 4.98 Å². The average molecular weight is 281 g/mol. The lowest BCUT2D eigenvalue weighted by Gasteiger charge is -2.11. The molecule has 0 bridgehead atoms. The van der Waals surface area contributed by atoms with E-state index >= 15 is 0 Å². The van der Waals surface area contributed by atoms with E-state index in [9.17, 15) is 5.11 Å². The quantitative estimate of drug-likeness (QED) is 0.938. The van der Waals surface area contributed by atoms with Crippen LogP contribution in [-0.4, -0.2) is 14.7 Å². The lowest BCUT2D eigenvalue weighted by atomic mass is 10.1. The van der Waals surface area contributed by atoms with Crippen LogP contribution in [0.3, 0.4) is 0 Å². The third-order valence-corrected chi connectivity index (χ3v) is 3.02. The van der Waals surface area contributed by atoms with Gasteiger partial charge in [0.2, 0.25) is 0 Å². The Morgan fingerprint density at radius 3 is 2.94 bits per heavy atom. The minimum atomic E-state index is -0.515. The van der Waals surface area contributed by atoms with Gasteiger partial charge in [-0.1, -0.05) is 28.1 Å². The van der Waals surface area contributed by atoms with Crippen LogP contribution in [0, 0.1) is 0 Å². The van der Waals surface area contributed by atoms with Crippen molar-refractivity contribution in [3.8, 4) is 0 Å². The summed E-state index contributed by atoms with van der Waals surface area (Å²) in [5.41, 5.74) is 0.900. The molecule has 2 aromatic rings. The highest BCUT2D eigenvalue weighted by molar-refractivity contribution is 9.10. The largest absolute Gasteiger partial charge is 0.388 e. The van der Waals surface area contributed by atoms with Gasteiger partial charge < -0.3 is 9.67 Å². The summed E-state index contributed by atoms with van der Waals surface area (Å²) in [5, 5.41) is 10.1. The van der Waals surface area contributed by atoms with E-state index in [2.05, 4.69) is 20.9 Å². The molecule has 0 radical (unpaired) electrons. The SMILES string of the molecule is Cn1ccnc1CC(O)c1cccc(Br)c1. The number of benzene rings is 1. The summed E-state index contributed by atoms with van der Waals surface area (Å²) < 4.78 is 2.89. The standard InChI is InChI=1S/C12H13BrN2O/c1-15-6-5-14-12(15)8-11(16)9-3-2-4-10(13)7-9/h2-7,11,16H,8H2,1H3. The predicted molar refractivity (Wildman–Crippen MR) is 66.0 cm³/mol. The van der Waals surface area contributed by atoms with Crippen molar-refractivity contribution in [2.75, 3.05) is 0 Å². The maximum Gasteiger partial charge on any atom is 0.111 e. The molecule has 0 saturated heterocycles. The third kappa shape index (κ3) is 2.51. The Labute approximate surface area is 103 Å². The molecule has 0 amide bonds. The topological polar surface area (TPSA) is 38.0 Å². The summed E-state index contributed by atoms with van der Waals surface area (Å²) in [6, 6.07) is 7.70. The zero-order chi connectivity index (χ0) is 11.5. The van der Waals surface area contributed by atoms with Gasteiger partial charge in [0.15, 0.2) is 0 Å². The summed E-state index contributed by atoms with van der Waals surface area (Å²) in [6.45, 7) is 0. The second-order valence-corrected chi connectivity index (χ2v) is 4.64. The Hall–Kier alpha value is -1.13. The number of hydrogen-bond donors (Lipinski definition) is 1. The smallest absolute Gasteiger partial charge is 0.111 e. The Bertz CT molecular complexity index is 481. The molecule has 0 aliphatic heterocycles. The van der Waals surface area contributed by atoms with Gasteiger partial charge in [-0.15, -0.1) is 0 Å². The van der Waals surface area contributed by atoms with Crippen molar-refractivity contribution < 1.29 is 5.11 Å². The molecule has 1 unspecified atom stereocenters. The molecule has 0 aliphatic rings. The van der Waals surface area contributed by atoms with E-state index in [-0.39, 0.29) is 0 Å². The third-order valence-electron chi connectivity index (χ3n) is 2.53. The number of imidazole rings is 1. The Kier molecular flexibility index (Phi) is 3.41. The van der Waals surface area contributed by atoms with Crippen LogP contribution in [0.5, 0.6) is 0 Å². The van der Waals surface area contributed by atoms with Gasteiger partial charge in [0.05, 0.1) is 6.10 Å². The average Bonchev–Trinajstić information content (AvgIpc) is 2.64. The number of aliphatic hydroxyl groups is 1. The molecule has 1 atom stereocenters. The van der Waals surface area contributed by atoms with Crippen LogP contribution in [0.4, 0.5) is 0 Å². The van der Waals surface area contributed by atoms with Crippen molar-refractivity contribution in [2.45, 2.75) is 12.5 Å². The normalized spacial score (nSPS) is 12.7. The van der Waals surface area contributed by atoms with Crippen LogP contribution in [0.2, 0.25) is 0 Å². The zero-order valence-corrected chi connectivity index (χ0v) is 10.6. The summed E-state index contributed by atoms with van der Waals surface area (Å²) in [7, 11) is 1.93. The lowest BCUT2D eigenvalue weighted by molar-refractivity contribution is 0.175. The van der Waals surface area contributed by atoms with Crippen LogP contribution in [-0.2, 0) is 13.5 Å². The first kappa shape index (κ1) is 11.4. The highest BCUT2D eigenvalue weighted by Gasteiger charge is 2.11. The van der Waals surface area contributed by atoms with E-state index in [1.165, 1.54) is 0 Å². The maximum atomic E-state index is 10.1. The Morgan fingerprint density at radius 1 is 1.50 bits per heavy atom. The monoisotopic (exact) mass is 280 g/mol. The maximum absolute atomic E-state index is 10.1. The highest BCUT2D eigenvalue weighted by Crippen LogP contribution is 2.20. The van der Waals surface area contributed by atoms with Crippen molar-refractivity contribution in [1.82, 2.24) is 9.55 Å². The van der Waals surface area contributed by atoms with Crippen molar-refractivity contribution in [3.05, 3.63) is 52.5 Å². The Morgan fingerprint density at radius 2 is 2.31 bits per heavy atom. The first-order valence-corrected chi connectivity index (χ1v) is 5.86. The van der Waals surface area contributed by atoms with E-state index in [4.69, 9.17) is 0 Å². The number of aromatic nitrogens is 2. The number of hydrogen-bond acceptors (Lipinski definition) is 2. The molecule has 1 aromatic heterocycles. The van der Waals surface area contributed by atoms with Gasteiger partial charge in [-0.2, -0.15) is 0 Å². The summed E-state index contributed by atoms with van der Waals surface area (Å²) in [4.78, 5) is 4.19. The molecule has 1 N–H and O–H groups in total. The molecule has 0 spiro atoms. The van der Waals surface area contributed by atoms with Crippen molar-refractivity contribution in [3.63, 3.8) is 0 Å². The molecule has 1 heterocycles. The van der Waals surface area contributed by atoms with Crippen LogP contribution >= 0.6 is 15.9 Å². The molecule has 16 heavy (non-hydrogen) atoms. The number of halogens is 1. The van der Waals surface area contributed by atoms with Gasteiger partial charge in [0.25, 0.3) is 0 Å². The second kappa shape index (κ2) is 4.80. The fourth-order valence-electron chi connectivity index (χ4n) is 1.60. The van der Waals surface area contributed by atoms with Crippen molar-refractivity contribution >= 4 is 15.9 Å². The van der Waals surface area contributed by atoms with Crippen LogP contribution in [0.1, 0.15) is 17.5 Å². The van der Waals surface area contributed by atoms with E-state index in [1.807, 2.05) is 42.1 Å². The van der Waals surface area contributed by atoms with Gasteiger partial charge >= 0.3 is 0 Å². The molecule has 0 saturated carbocycles. The van der Waals surface area contributed by atoms with E-state index in [0.29, 0.717) is 6.42 Å². The predicted octanol–water partition coefficient (Wildman–Crippen LogP) is 2.46. The molecule has 1 aromatic carbocycles. The van der Waals surface area contributed by atoms with Gasteiger partial charge in [-0.3, -0.25) is 0 Å². The summed E-state index contributed by atoms with van der Waals surface area (Å²) in [5.74, 6) is 0.882.